The number of amides is 1. The van der Waals surface area contributed by atoms with E-state index >= 15 is 0 Å². The minimum atomic E-state index is -0.230. The van der Waals surface area contributed by atoms with Gasteiger partial charge in [0.25, 0.3) is 0 Å². The van der Waals surface area contributed by atoms with Crippen LogP contribution in [0.5, 0.6) is 0 Å². The third-order valence-electron chi connectivity index (χ3n) is 3.37. The molecule has 1 N–H and O–H groups in total. The molecule has 1 amide bonds. The van der Waals surface area contributed by atoms with E-state index in [1.54, 1.807) is 0 Å². The molecule has 0 unspecified atom stereocenters. The molecule has 23 heavy (non-hydrogen) atoms. The lowest BCUT2D eigenvalue weighted by molar-refractivity contribution is -0.120. The van der Waals surface area contributed by atoms with Gasteiger partial charge in [0.15, 0.2) is 0 Å². The number of nitrogens with one attached hydrogen (secondary N) is 1. The van der Waals surface area contributed by atoms with Crippen LogP contribution in [0, 0.1) is 0 Å². The van der Waals surface area contributed by atoms with Gasteiger partial charge in [0.2, 0.25) is 5.91 Å². The number of hydrogen-bond donors (Lipinski definition) is 1. The second-order valence-corrected chi connectivity index (χ2v) is 6.90. The van der Waals surface area contributed by atoms with Crippen molar-refractivity contribution in [2.24, 2.45) is 0 Å². The van der Waals surface area contributed by atoms with Crippen LogP contribution >= 0.6 is 23.4 Å². The normalized spacial score (nSPS) is 12.3. The predicted octanol–water partition coefficient (Wildman–Crippen LogP) is 3.78. The number of carbonyl (C=O) groups is 1. The summed E-state index contributed by atoms with van der Waals surface area (Å²) in [7, 11) is 0. The molecule has 0 saturated heterocycles. The van der Waals surface area contributed by atoms with E-state index in [4.69, 9.17) is 11.6 Å². The highest BCUT2D eigenvalue weighted by Gasteiger charge is 2.15. The molecule has 0 radical (unpaired) electrons. The summed E-state index contributed by atoms with van der Waals surface area (Å²) < 4.78 is 1.93. The molecule has 3 aromatic rings. The van der Waals surface area contributed by atoms with Gasteiger partial charge in [-0.3, -0.25) is 4.79 Å². The van der Waals surface area contributed by atoms with Crippen molar-refractivity contribution in [1.82, 2.24) is 14.7 Å². The molecule has 0 spiro atoms. The van der Waals surface area contributed by atoms with Gasteiger partial charge in [-0.1, -0.05) is 29.8 Å². The number of fused-ring (bicyclic) bond motifs is 1. The quantitative estimate of drug-likeness (QED) is 0.716. The van der Waals surface area contributed by atoms with Gasteiger partial charge in [0.1, 0.15) is 5.65 Å². The smallest absolute Gasteiger partial charge is 0.233 e. The van der Waals surface area contributed by atoms with Gasteiger partial charge >= 0.3 is 0 Å². The molecule has 0 aliphatic carbocycles. The minimum Gasteiger partial charge on any atom is -0.349 e. The molecule has 0 aliphatic heterocycles. The Kier molecular flexibility index (Phi) is 4.88. The summed E-state index contributed by atoms with van der Waals surface area (Å²) in [4.78, 5) is 17.6. The molecule has 118 valence electrons. The Morgan fingerprint density at radius 2 is 2.09 bits per heavy atom. The Balaban J connectivity index is 1.59. The zero-order valence-corrected chi connectivity index (χ0v) is 14.1. The fraction of sp³-hybridized carbons (Fsp3) is 0.176. The Labute approximate surface area is 143 Å². The minimum absolute atomic E-state index is 0.0352. The molecular weight excluding hydrogens is 330 g/mol. The molecule has 0 bridgehead atoms. The van der Waals surface area contributed by atoms with Crippen LogP contribution in [0.2, 0.25) is 5.02 Å². The first-order valence-corrected chi connectivity index (χ1v) is 8.51. The van der Waals surface area contributed by atoms with Crippen LogP contribution in [0.15, 0.2) is 59.8 Å². The Bertz CT molecular complexity index is 800. The van der Waals surface area contributed by atoms with Gasteiger partial charge in [0, 0.05) is 17.3 Å². The second kappa shape index (κ2) is 7.06. The number of carbonyl (C=O) groups excluding carboxylic acids is 1. The topological polar surface area (TPSA) is 46.4 Å². The Morgan fingerprint density at radius 3 is 2.87 bits per heavy atom. The van der Waals surface area contributed by atoms with Crippen molar-refractivity contribution < 1.29 is 4.79 Å². The molecule has 1 aromatic carbocycles. The number of halogens is 1. The SMILES string of the molecule is C[C@H](Sc1ccccc1Cl)C(=O)NCc1cn2ccccc2n1. The van der Waals surface area contributed by atoms with E-state index in [0.29, 0.717) is 11.6 Å². The summed E-state index contributed by atoms with van der Waals surface area (Å²) in [5, 5.41) is 3.36. The lowest BCUT2D eigenvalue weighted by Crippen LogP contribution is -2.30. The van der Waals surface area contributed by atoms with Crippen LogP contribution in [0.25, 0.3) is 5.65 Å². The molecule has 2 heterocycles. The zero-order valence-electron chi connectivity index (χ0n) is 12.6. The number of thioether (sulfide) groups is 1. The molecule has 4 nitrogen and oxygen atoms in total. The van der Waals surface area contributed by atoms with E-state index in [0.717, 1.165) is 16.2 Å². The third kappa shape index (κ3) is 3.86. The van der Waals surface area contributed by atoms with Gasteiger partial charge in [-0.05, 0) is 31.2 Å². The second-order valence-electron chi connectivity index (χ2n) is 5.11. The van der Waals surface area contributed by atoms with Gasteiger partial charge in [-0.15, -0.1) is 11.8 Å². The summed E-state index contributed by atoms with van der Waals surface area (Å²) in [6, 6.07) is 13.3. The molecule has 3 rings (SSSR count). The maximum atomic E-state index is 12.2. The maximum Gasteiger partial charge on any atom is 0.233 e. The lowest BCUT2D eigenvalue weighted by atomic mass is 10.4. The van der Waals surface area contributed by atoms with E-state index in [1.807, 2.05) is 66.2 Å². The van der Waals surface area contributed by atoms with Crippen molar-refractivity contribution >= 4 is 34.9 Å². The van der Waals surface area contributed by atoms with Crippen LogP contribution in [0.4, 0.5) is 0 Å². The highest BCUT2D eigenvalue weighted by molar-refractivity contribution is 8.00. The summed E-state index contributed by atoms with van der Waals surface area (Å²) in [6.07, 6.45) is 3.85. The number of imidazole rings is 1. The van der Waals surface area contributed by atoms with Gasteiger partial charge in [0.05, 0.1) is 22.5 Å². The molecular formula is C17H16ClN3OS. The van der Waals surface area contributed by atoms with Crippen molar-refractivity contribution in [3.05, 3.63) is 65.6 Å². The predicted molar refractivity (Wildman–Crippen MR) is 93.8 cm³/mol. The van der Waals surface area contributed by atoms with Crippen LogP contribution in [-0.2, 0) is 11.3 Å². The summed E-state index contributed by atoms with van der Waals surface area (Å²) in [6.45, 7) is 2.28. The fourth-order valence-electron chi connectivity index (χ4n) is 2.18. The monoisotopic (exact) mass is 345 g/mol. The van der Waals surface area contributed by atoms with E-state index in [1.165, 1.54) is 11.8 Å². The molecule has 6 heteroatoms. The van der Waals surface area contributed by atoms with E-state index < -0.39 is 0 Å². The summed E-state index contributed by atoms with van der Waals surface area (Å²) in [5.41, 5.74) is 1.70. The molecule has 0 saturated carbocycles. The van der Waals surface area contributed by atoms with Crippen LogP contribution in [0.1, 0.15) is 12.6 Å². The number of nitrogens with zero attached hydrogens (tertiary/aromatic N) is 2. The standard InChI is InChI=1S/C17H16ClN3OS/c1-12(23-15-7-3-2-6-14(15)18)17(22)19-10-13-11-21-9-5-4-8-16(21)20-13/h2-9,11-12H,10H2,1H3,(H,19,22)/t12-/m0/s1. The first-order chi connectivity index (χ1) is 11.1. The van der Waals surface area contributed by atoms with Crippen molar-refractivity contribution in [3.63, 3.8) is 0 Å². The highest BCUT2D eigenvalue weighted by Crippen LogP contribution is 2.29. The Hall–Kier alpha value is -1.98. The van der Waals surface area contributed by atoms with Crippen molar-refractivity contribution in [2.75, 3.05) is 0 Å². The van der Waals surface area contributed by atoms with Gasteiger partial charge in [-0.2, -0.15) is 0 Å². The first kappa shape index (κ1) is 15.9. The third-order valence-corrected chi connectivity index (χ3v) is 4.99. The highest BCUT2D eigenvalue weighted by atomic mass is 35.5. The molecule has 0 fully saturated rings. The number of benzene rings is 1. The maximum absolute atomic E-state index is 12.2. The number of hydrogen-bond acceptors (Lipinski definition) is 3. The van der Waals surface area contributed by atoms with Crippen molar-refractivity contribution in [2.45, 2.75) is 23.6 Å². The van der Waals surface area contributed by atoms with Crippen LogP contribution < -0.4 is 5.32 Å². The Morgan fingerprint density at radius 1 is 1.30 bits per heavy atom. The number of pyridine rings is 1. The number of rotatable bonds is 5. The van der Waals surface area contributed by atoms with E-state index in [9.17, 15) is 4.79 Å². The average Bonchev–Trinajstić information content (AvgIpc) is 2.97. The summed E-state index contributed by atoms with van der Waals surface area (Å²) >= 11 is 7.57. The number of aromatic nitrogens is 2. The molecule has 0 aliphatic rings. The average molecular weight is 346 g/mol. The van der Waals surface area contributed by atoms with Crippen LogP contribution in [0.3, 0.4) is 0 Å². The zero-order chi connectivity index (χ0) is 16.2. The van der Waals surface area contributed by atoms with E-state index in [2.05, 4.69) is 10.3 Å². The van der Waals surface area contributed by atoms with Crippen molar-refractivity contribution in [3.8, 4) is 0 Å². The van der Waals surface area contributed by atoms with Crippen LogP contribution in [-0.4, -0.2) is 20.5 Å². The molecule has 1 atom stereocenters. The first-order valence-electron chi connectivity index (χ1n) is 7.25. The lowest BCUT2D eigenvalue weighted by Gasteiger charge is -2.12. The van der Waals surface area contributed by atoms with Gasteiger partial charge in [-0.25, -0.2) is 4.98 Å². The summed E-state index contributed by atoms with van der Waals surface area (Å²) in [5.74, 6) is -0.0352. The molecule has 2 aromatic heterocycles. The van der Waals surface area contributed by atoms with Gasteiger partial charge < -0.3 is 9.72 Å². The van der Waals surface area contributed by atoms with E-state index in [-0.39, 0.29) is 11.2 Å². The fourth-order valence-corrected chi connectivity index (χ4v) is 3.36. The largest absolute Gasteiger partial charge is 0.349 e. The van der Waals surface area contributed by atoms with Crippen molar-refractivity contribution in [1.29, 1.82) is 0 Å².